The van der Waals surface area contributed by atoms with Crippen molar-refractivity contribution in [3.63, 3.8) is 0 Å². The van der Waals surface area contributed by atoms with Gasteiger partial charge in [0.25, 0.3) is 0 Å². The maximum Gasteiger partial charge on any atom is -0.0297 e. The van der Waals surface area contributed by atoms with Crippen LogP contribution in [0.1, 0.15) is 163 Å². The highest BCUT2D eigenvalue weighted by molar-refractivity contribution is 4.80. The fourth-order valence-corrected chi connectivity index (χ4v) is 4.63. The molecule has 0 heteroatoms. The lowest BCUT2D eigenvalue weighted by molar-refractivity contribution is 0.173. The summed E-state index contributed by atoms with van der Waals surface area (Å²) < 4.78 is 0. The molecular formula is C26H54. The van der Waals surface area contributed by atoms with E-state index in [-0.39, 0.29) is 0 Å². The van der Waals surface area contributed by atoms with Crippen LogP contribution in [0.4, 0.5) is 0 Å². The molecule has 0 saturated carbocycles. The third-order valence-electron chi connectivity index (χ3n) is 6.49. The monoisotopic (exact) mass is 366 g/mol. The topological polar surface area (TPSA) is 0 Å². The first-order valence-corrected chi connectivity index (χ1v) is 12.7. The third-order valence-corrected chi connectivity index (χ3v) is 6.49. The van der Waals surface area contributed by atoms with Gasteiger partial charge in [-0.05, 0) is 31.1 Å². The minimum Gasteiger partial charge on any atom is -0.0654 e. The smallest absolute Gasteiger partial charge is 0.0297 e. The molecule has 0 aromatic rings. The SMILES string of the molecule is CCCCCCCCCCC(CCCCC)(CCCCC)CCCCC. The summed E-state index contributed by atoms with van der Waals surface area (Å²) in [6, 6.07) is 0. The summed E-state index contributed by atoms with van der Waals surface area (Å²) in [6.07, 6.45) is 30.7. The number of hydrogen-bond donors (Lipinski definition) is 0. The molecule has 0 N–H and O–H groups in total. The molecule has 0 rings (SSSR count). The van der Waals surface area contributed by atoms with Crippen molar-refractivity contribution in [1.29, 1.82) is 0 Å². The van der Waals surface area contributed by atoms with Crippen LogP contribution in [0, 0.1) is 5.41 Å². The molecule has 26 heavy (non-hydrogen) atoms. The van der Waals surface area contributed by atoms with Crippen LogP contribution >= 0.6 is 0 Å². The van der Waals surface area contributed by atoms with E-state index in [0.717, 1.165) is 0 Å². The molecule has 0 aliphatic carbocycles. The van der Waals surface area contributed by atoms with Crippen molar-refractivity contribution in [2.75, 3.05) is 0 Å². The van der Waals surface area contributed by atoms with Crippen molar-refractivity contribution in [3.05, 3.63) is 0 Å². The van der Waals surface area contributed by atoms with Crippen LogP contribution in [0.5, 0.6) is 0 Å². The Morgan fingerprint density at radius 2 is 0.538 bits per heavy atom. The van der Waals surface area contributed by atoms with Gasteiger partial charge < -0.3 is 0 Å². The predicted molar refractivity (Wildman–Crippen MR) is 122 cm³/mol. The van der Waals surface area contributed by atoms with E-state index in [1.165, 1.54) is 135 Å². The predicted octanol–water partition coefficient (Wildman–Crippen LogP) is 10.2. The highest BCUT2D eigenvalue weighted by Crippen LogP contribution is 2.42. The van der Waals surface area contributed by atoms with E-state index in [0.29, 0.717) is 5.41 Å². The molecule has 0 aliphatic heterocycles. The summed E-state index contributed by atoms with van der Waals surface area (Å²) in [7, 11) is 0. The van der Waals surface area contributed by atoms with Crippen molar-refractivity contribution in [2.24, 2.45) is 5.41 Å². The van der Waals surface area contributed by atoms with Gasteiger partial charge in [0.05, 0.1) is 0 Å². The van der Waals surface area contributed by atoms with Gasteiger partial charge in [0.1, 0.15) is 0 Å². The van der Waals surface area contributed by atoms with E-state index in [4.69, 9.17) is 0 Å². The van der Waals surface area contributed by atoms with Gasteiger partial charge in [-0.2, -0.15) is 0 Å². The first-order chi connectivity index (χ1) is 12.7. The second kappa shape index (κ2) is 19.8. The summed E-state index contributed by atoms with van der Waals surface area (Å²) in [6.45, 7) is 9.38. The Hall–Kier alpha value is 0. The second-order valence-electron chi connectivity index (χ2n) is 9.10. The van der Waals surface area contributed by atoms with E-state index >= 15 is 0 Å². The van der Waals surface area contributed by atoms with Crippen LogP contribution in [-0.4, -0.2) is 0 Å². The largest absolute Gasteiger partial charge is 0.0654 e. The average Bonchev–Trinajstić information content (AvgIpc) is 2.64. The molecule has 0 heterocycles. The number of unbranched alkanes of at least 4 members (excludes halogenated alkanes) is 13. The van der Waals surface area contributed by atoms with Gasteiger partial charge >= 0.3 is 0 Å². The zero-order valence-electron chi connectivity index (χ0n) is 19.3. The van der Waals surface area contributed by atoms with Crippen molar-refractivity contribution >= 4 is 0 Å². The van der Waals surface area contributed by atoms with Crippen molar-refractivity contribution < 1.29 is 0 Å². The molecule has 0 atom stereocenters. The fourth-order valence-electron chi connectivity index (χ4n) is 4.63. The lowest BCUT2D eigenvalue weighted by Gasteiger charge is -2.35. The van der Waals surface area contributed by atoms with Crippen LogP contribution in [0.15, 0.2) is 0 Å². The van der Waals surface area contributed by atoms with Gasteiger partial charge in [0.15, 0.2) is 0 Å². The molecule has 0 bridgehead atoms. The Balaban J connectivity index is 4.38. The average molecular weight is 367 g/mol. The Bertz CT molecular complexity index is 228. The highest BCUT2D eigenvalue weighted by atomic mass is 14.3. The van der Waals surface area contributed by atoms with Gasteiger partial charge in [-0.25, -0.2) is 0 Å². The molecule has 0 spiro atoms. The Labute approximate surface area is 168 Å². The van der Waals surface area contributed by atoms with Crippen molar-refractivity contribution in [3.8, 4) is 0 Å². The molecule has 0 saturated heterocycles. The Kier molecular flexibility index (Phi) is 19.8. The maximum absolute atomic E-state index is 2.36. The van der Waals surface area contributed by atoms with E-state index in [1.54, 1.807) is 0 Å². The second-order valence-corrected chi connectivity index (χ2v) is 9.10. The zero-order valence-corrected chi connectivity index (χ0v) is 19.3. The quantitative estimate of drug-likeness (QED) is 0.177. The summed E-state index contributed by atoms with van der Waals surface area (Å²) >= 11 is 0. The van der Waals surface area contributed by atoms with Crippen LogP contribution < -0.4 is 0 Å². The third kappa shape index (κ3) is 15.1. The van der Waals surface area contributed by atoms with Crippen LogP contribution in [-0.2, 0) is 0 Å². The van der Waals surface area contributed by atoms with Gasteiger partial charge in [-0.3, -0.25) is 0 Å². The van der Waals surface area contributed by atoms with Gasteiger partial charge in [0, 0.05) is 0 Å². The maximum atomic E-state index is 2.36. The standard InChI is InChI=1S/C26H54/c1-5-9-13-14-15-16-17-21-25-26(22-18-10-6-2,23-19-11-7-3)24-20-12-8-4/h5-25H2,1-4H3. The van der Waals surface area contributed by atoms with Crippen molar-refractivity contribution in [2.45, 2.75) is 163 Å². The number of rotatable bonds is 21. The fraction of sp³-hybridized carbons (Fsp3) is 1.00. The zero-order chi connectivity index (χ0) is 19.3. The van der Waals surface area contributed by atoms with Gasteiger partial charge in [-0.1, -0.05) is 137 Å². The molecular weight excluding hydrogens is 312 g/mol. The van der Waals surface area contributed by atoms with Gasteiger partial charge in [-0.15, -0.1) is 0 Å². The Morgan fingerprint density at radius 1 is 0.308 bits per heavy atom. The molecule has 158 valence electrons. The van der Waals surface area contributed by atoms with Crippen LogP contribution in [0.2, 0.25) is 0 Å². The summed E-state index contributed by atoms with van der Waals surface area (Å²) in [5.41, 5.74) is 0.696. The minimum absolute atomic E-state index is 0.696. The molecule has 0 aromatic heterocycles. The Morgan fingerprint density at radius 3 is 0.885 bits per heavy atom. The molecule has 0 unspecified atom stereocenters. The van der Waals surface area contributed by atoms with E-state index in [2.05, 4.69) is 27.7 Å². The molecule has 0 radical (unpaired) electrons. The van der Waals surface area contributed by atoms with E-state index in [9.17, 15) is 0 Å². The minimum atomic E-state index is 0.696. The summed E-state index contributed by atoms with van der Waals surface area (Å²) in [4.78, 5) is 0. The molecule has 0 nitrogen and oxygen atoms in total. The first kappa shape index (κ1) is 26.0. The van der Waals surface area contributed by atoms with Crippen molar-refractivity contribution in [1.82, 2.24) is 0 Å². The highest BCUT2D eigenvalue weighted by Gasteiger charge is 2.27. The summed E-state index contributed by atoms with van der Waals surface area (Å²) in [5.74, 6) is 0. The van der Waals surface area contributed by atoms with E-state index < -0.39 is 0 Å². The molecule has 0 amide bonds. The molecule has 0 fully saturated rings. The molecule has 0 aromatic carbocycles. The van der Waals surface area contributed by atoms with Crippen LogP contribution in [0.3, 0.4) is 0 Å². The van der Waals surface area contributed by atoms with Crippen LogP contribution in [0.25, 0.3) is 0 Å². The normalized spacial score (nSPS) is 12.0. The lowest BCUT2D eigenvalue weighted by Crippen LogP contribution is -2.21. The number of hydrogen-bond acceptors (Lipinski definition) is 0. The first-order valence-electron chi connectivity index (χ1n) is 12.7. The van der Waals surface area contributed by atoms with Gasteiger partial charge in [0.2, 0.25) is 0 Å². The molecule has 0 aliphatic rings. The summed E-state index contributed by atoms with van der Waals surface area (Å²) in [5, 5.41) is 0. The van der Waals surface area contributed by atoms with E-state index in [1.807, 2.05) is 0 Å². The lowest BCUT2D eigenvalue weighted by atomic mass is 9.70.